The highest BCUT2D eigenvalue weighted by molar-refractivity contribution is 5.95. The Hall–Kier alpha value is -2.99. The van der Waals surface area contributed by atoms with Crippen molar-refractivity contribution >= 4 is 11.6 Å². The van der Waals surface area contributed by atoms with Gasteiger partial charge >= 0.3 is 0 Å². The van der Waals surface area contributed by atoms with Crippen LogP contribution in [0, 0.1) is 6.92 Å². The average molecular weight is 349 g/mol. The molecule has 1 N–H and O–H groups in total. The van der Waals surface area contributed by atoms with Crippen molar-refractivity contribution < 1.29 is 14.1 Å². The molecule has 0 spiro atoms. The molecule has 2 aromatic carbocycles. The van der Waals surface area contributed by atoms with E-state index in [0.717, 1.165) is 17.5 Å². The number of anilines is 1. The van der Waals surface area contributed by atoms with Crippen LogP contribution in [0.25, 0.3) is 11.4 Å². The van der Waals surface area contributed by atoms with E-state index < -0.39 is 0 Å². The topological polar surface area (TPSA) is 77.2 Å². The van der Waals surface area contributed by atoms with Crippen LogP contribution in [-0.4, -0.2) is 22.7 Å². The molecule has 0 radical (unpaired) electrons. The van der Waals surface area contributed by atoms with E-state index in [9.17, 15) is 4.79 Å². The molecule has 2 heterocycles. The number of aryl methyl sites for hydroxylation is 1. The highest BCUT2D eigenvalue weighted by Crippen LogP contribution is 2.31. The van der Waals surface area contributed by atoms with Gasteiger partial charge in [-0.3, -0.25) is 4.79 Å². The van der Waals surface area contributed by atoms with Crippen LogP contribution in [0.15, 0.2) is 53.1 Å². The lowest BCUT2D eigenvalue weighted by molar-refractivity contribution is -0.119. The SMILES string of the molecule is Cc1nc(-c2ccccc2NC(=O)CC2OCCc3ccccc32)no1. The minimum absolute atomic E-state index is 0.112. The fourth-order valence-corrected chi connectivity index (χ4v) is 3.21. The predicted octanol–water partition coefficient (Wildman–Crippen LogP) is 3.69. The Balaban J connectivity index is 1.52. The number of carbonyl (C=O) groups is 1. The largest absolute Gasteiger partial charge is 0.373 e. The number of ether oxygens (including phenoxy) is 1. The quantitative estimate of drug-likeness (QED) is 0.777. The molecule has 0 saturated heterocycles. The zero-order valence-electron chi connectivity index (χ0n) is 14.4. The molecule has 0 aliphatic carbocycles. The average Bonchev–Trinajstić information content (AvgIpc) is 3.09. The lowest BCUT2D eigenvalue weighted by Gasteiger charge is -2.25. The highest BCUT2D eigenvalue weighted by Gasteiger charge is 2.23. The number of rotatable bonds is 4. The molecular weight excluding hydrogens is 330 g/mol. The zero-order chi connectivity index (χ0) is 17.9. The van der Waals surface area contributed by atoms with E-state index in [1.807, 2.05) is 42.5 Å². The fourth-order valence-electron chi connectivity index (χ4n) is 3.21. The number of benzene rings is 2. The maximum atomic E-state index is 12.6. The number of nitrogens with zero attached hydrogens (tertiary/aromatic N) is 2. The van der Waals surface area contributed by atoms with Crippen LogP contribution < -0.4 is 5.32 Å². The molecule has 6 nitrogen and oxygen atoms in total. The maximum Gasteiger partial charge on any atom is 0.227 e. The van der Waals surface area contributed by atoms with Gasteiger partial charge in [-0.2, -0.15) is 4.98 Å². The number of nitrogens with one attached hydrogen (secondary N) is 1. The van der Waals surface area contributed by atoms with Gasteiger partial charge in [0.15, 0.2) is 0 Å². The summed E-state index contributed by atoms with van der Waals surface area (Å²) in [5, 5.41) is 6.89. The number of amides is 1. The van der Waals surface area contributed by atoms with Gasteiger partial charge in [-0.15, -0.1) is 0 Å². The summed E-state index contributed by atoms with van der Waals surface area (Å²) < 4.78 is 10.9. The van der Waals surface area contributed by atoms with Gasteiger partial charge in [-0.05, 0) is 29.7 Å². The van der Waals surface area contributed by atoms with Gasteiger partial charge in [-0.25, -0.2) is 0 Å². The smallest absolute Gasteiger partial charge is 0.227 e. The monoisotopic (exact) mass is 349 g/mol. The zero-order valence-corrected chi connectivity index (χ0v) is 14.4. The molecule has 1 unspecified atom stereocenters. The van der Waals surface area contributed by atoms with Crippen LogP contribution in [-0.2, 0) is 16.0 Å². The molecule has 4 rings (SSSR count). The lowest BCUT2D eigenvalue weighted by Crippen LogP contribution is -2.22. The van der Waals surface area contributed by atoms with Crippen LogP contribution in [0.3, 0.4) is 0 Å². The molecule has 1 aromatic heterocycles. The van der Waals surface area contributed by atoms with Gasteiger partial charge in [0.25, 0.3) is 0 Å². The van der Waals surface area contributed by atoms with Crippen molar-refractivity contribution in [2.45, 2.75) is 25.9 Å². The summed E-state index contributed by atoms with van der Waals surface area (Å²) in [5.41, 5.74) is 3.72. The van der Waals surface area contributed by atoms with E-state index >= 15 is 0 Å². The molecule has 0 fully saturated rings. The van der Waals surface area contributed by atoms with Crippen molar-refractivity contribution in [1.82, 2.24) is 10.1 Å². The first-order chi connectivity index (χ1) is 12.7. The Kier molecular flexibility index (Phi) is 4.50. The van der Waals surface area contributed by atoms with Crippen LogP contribution in [0.1, 0.15) is 29.5 Å². The van der Waals surface area contributed by atoms with Crippen molar-refractivity contribution in [2.75, 3.05) is 11.9 Å². The first-order valence-electron chi connectivity index (χ1n) is 8.59. The molecule has 132 valence electrons. The third kappa shape index (κ3) is 3.36. The van der Waals surface area contributed by atoms with Crippen LogP contribution in [0.4, 0.5) is 5.69 Å². The number of fused-ring (bicyclic) bond motifs is 1. The normalized spacial score (nSPS) is 16.1. The van der Waals surface area contributed by atoms with E-state index in [0.29, 0.717) is 24.0 Å². The van der Waals surface area contributed by atoms with Gasteiger partial charge in [-0.1, -0.05) is 41.6 Å². The Morgan fingerprint density at radius 1 is 1.19 bits per heavy atom. The number of hydrogen-bond acceptors (Lipinski definition) is 5. The second-order valence-corrected chi connectivity index (χ2v) is 6.24. The minimum Gasteiger partial charge on any atom is -0.373 e. The summed E-state index contributed by atoms with van der Waals surface area (Å²) >= 11 is 0. The van der Waals surface area contributed by atoms with Crippen molar-refractivity contribution in [3.05, 3.63) is 65.5 Å². The number of hydrogen-bond donors (Lipinski definition) is 1. The maximum absolute atomic E-state index is 12.6. The third-order valence-corrected chi connectivity index (χ3v) is 4.43. The second kappa shape index (κ2) is 7.09. The Morgan fingerprint density at radius 2 is 2.00 bits per heavy atom. The van der Waals surface area contributed by atoms with E-state index in [2.05, 4.69) is 21.5 Å². The lowest BCUT2D eigenvalue weighted by atomic mass is 9.95. The Morgan fingerprint density at radius 3 is 2.85 bits per heavy atom. The van der Waals surface area contributed by atoms with Gasteiger partial charge in [0.05, 0.1) is 24.8 Å². The van der Waals surface area contributed by atoms with Crippen LogP contribution in [0.2, 0.25) is 0 Å². The Labute approximate surface area is 151 Å². The molecule has 1 atom stereocenters. The van der Waals surface area contributed by atoms with E-state index in [1.54, 1.807) is 6.92 Å². The molecule has 1 aliphatic heterocycles. The van der Waals surface area contributed by atoms with Gasteiger partial charge in [0.2, 0.25) is 17.6 Å². The molecular formula is C20H19N3O3. The van der Waals surface area contributed by atoms with E-state index in [-0.39, 0.29) is 18.4 Å². The molecule has 6 heteroatoms. The summed E-state index contributed by atoms with van der Waals surface area (Å²) in [6.07, 6.45) is 0.921. The summed E-state index contributed by atoms with van der Waals surface area (Å²) in [5.74, 6) is 0.824. The van der Waals surface area contributed by atoms with Crippen molar-refractivity contribution in [1.29, 1.82) is 0 Å². The van der Waals surface area contributed by atoms with Gasteiger partial charge in [0, 0.05) is 12.5 Å². The first kappa shape index (κ1) is 16.5. The first-order valence-corrected chi connectivity index (χ1v) is 8.59. The minimum atomic E-state index is -0.223. The molecule has 0 bridgehead atoms. The number of aromatic nitrogens is 2. The van der Waals surface area contributed by atoms with E-state index in [1.165, 1.54) is 5.56 Å². The van der Waals surface area contributed by atoms with Crippen molar-refractivity contribution in [2.24, 2.45) is 0 Å². The molecule has 3 aromatic rings. The van der Waals surface area contributed by atoms with Crippen molar-refractivity contribution in [3.8, 4) is 11.4 Å². The molecule has 1 amide bonds. The number of para-hydroxylation sites is 1. The van der Waals surface area contributed by atoms with Crippen LogP contribution in [0.5, 0.6) is 0 Å². The highest BCUT2D eigenvalue weighted by atomic mass is 16.5. The van der Waals surface area contributed by atoms with Crippen LogP contribution >= 0.6 is 0 Å². The summed E-state index contributed by atoms with van der Waals surface area (Å²) in [6, 6.07) is 15.5. The van der Waals surface area contributed by atoms with Crippen molar-refractivity contribution in [3.63, 3.8) is 0 Å². The van der Waals surface area contributed by atoms with Gasteiger partial charge < -0.3 is 14.6 Å². The van der Waals surface area contributed by atoms with Gasteiger partial charge in [0.1, 0.15) is 0 Å². The molecule has 1 aliphatic rings. The van der Waals surface area contributed by atoms with E-state index in [4.69, 9.17) is 9.26 Å². The summed E-state index contributed by atoms with van der Waals surface area (Å²) in [4.78, 5) is 16.9. The third-order valence-electron chi connectivity index (χ3n) is 4.43. The standard InChI is InChI=1S/C20H19N3O3/c1-13-21-20(23-26-13)16-8-4-5-9-17(16)22-19(24)12-18-15-7-3-2-6-14(15)10-11-25-18/h2-9,18H,10-12H2,1H3,(H,22,24). The summed E-state index contributed by atoms with van der Waals surface area (Å²) in [7, 11) is 0. The molecule has 0 saturated carbocycles. The number of carbonyl (C=O) groups excluding carboxylic acids is 1. The second-order valence-electron chi connectivity index (χ2n) is 6.24. The summed E-state index contributed by atoms with van der Waals surface area (Å²) in [6.45, 7) is 2.36. The predicted molar refractivity (Wildman–Crippen MR) is 96.6 cm³/mol. The fraction of sp³-hybridized carbons (Fsp3) is 0.250. The Bertz CT molecular complexity index is 935. The molecule has 26 heavy (non-hydrogen) atoms.